The number of hydrogen-bond donors (Lipinski definition) is 1. The highest BCUT2D eigenvalue weighted by Crippen LogP contribution is 2.36. The third-order valence-electron chi connectivity index (χ3n) is 3.52. The first-order chi connectivity index (χ1) is 10.8. The van der Waals surface area contributed by atoms with Crippen molar-refractivity contribution in [3.8, 4) is 5.75 Å². The molecule has 0 atom stereocenters. The maximum Gasteiger partial charge on any atom is 0.340 e. The third kappa shape index (κ3) is 2.51. The summed E-state index contributed by atoms with van der Waals surface area (Å²) in [5.41, 5.74) is 1.15. The van der Waals surface area contributed by atoms with Gasteiger partial charge in [0.2, 0.25) is 0 Å². The van der Waals surface area contributed by atoms with Crippen molar-refractivity contribution in [1.82, 2.24) is 0 Å². The van der Waals surface area contributed by atoms with E-state index in [4.69, 9.17) is 16.3 Å². The second-order valence-corrected chi connectivity index (χ2v) is 7.16. The average molecular weight is 353 g/mol. The van der Waals surface area contributed by atoms with Crippen LogP contribution in [-0.2, 0) is 10.0 Å². The molecule has 1 aliphatic rings. The first-order valence-corrected chi connectivity index (χ1v) is 8.47. The predicted molar refractivity (Wildman–Crippen MR) is 87.9 cm³/mol. The maximum absolute atomic E-state index is 12.8. The molecule has 6 nitrogen and oxygen atoms in total. The Morgan fingerprint density at radius 1 is 1.17 bits per heavy atom. The molecular formula is C15H13ClN2O4S. The summed E-state index contributed by atoms with van der Waals surface area (Å²) >= 11 is 6.04. The number of nitrogens with zero attached hydrogens (tertiary/aromatic N) is 1. The molecule has 0 bridgehead atoms. The van der Waals surface area contributed by atoms with Gasteiger partial charge >= 0.3 is 6.03 Å². The second-order valence-electron chi connectivity index (χ2n) is 5.00. The van der Waals surface area contributed by atoms with Crippen LogP contribution >= 0.6 is 11.6 Å². The molecule has 2 aromatic carbocycles. The van der Waals surface area contributed by atoms with Crippen LogP contribution < -0.4 is 14.4 Å². The van der Waals surface area contributed by atoms with Crippen LogP contribution in [0.15, 0.2) is 41.3 Å². The topological polar surface area (TPSA) is 75.7 Å². The zero-order valence-electron chi connectivity index (χ0n) is 12.3. The molecule has 1 heterocycles. The number of anilines is 2. The fourth-order valence-electron chi connectivity index (χ4n) is 2.30. The summed E-state index contributed by atoms with van der Waals surface area (Å²) in [7, 11) is -2.57. The van der Waals surface area contributed by atoms with Gasteiger partial charge in [0, 0.05) is 11.1 Å². The first-order valence-electron chi connectivity index (χ1n) is 6.65. The normalized spacial score (nSPS) is 15.8. The van der Waals surface area contributed by atoms with Gasteiger partial charge in [-0.2, -0.15) is 4.31 Å². The Labute approximate surface area is 138 Å². The Bertz CT molecular complexity index is 912. The number of carbonyl (C=O) groups is 1. The monoisotopic (exact) mass is 352 g/mol. The van der Waals surface area contributed by atoms with Crippen LogP contribution in [-0.4, -0.2) is 21.6 Å². The molecule has 2 aromatic rings. The lowest BCUT2D eigenvalue weighted by Crippen LogP contribution is -2.44. The van der Waals surface area contributed by atoms with Gasteiger partial charge in [0.05, 0.1) is 18.5 Å². The first kappa shape index (κ1) is 15.6. The van der Waals surface area contributed by atoms with Crippen molar-refractivity contribution >= 4 is 39.0 Å². The Morgan fingerprint density at radius 3 is 2.57 bits per heavy atom. The highest BCUT2D eigenvalue weighted by atomic mass is 35.5. The van der Waals surface area contributed by atoms with E-state index in [1.54, 1.807) is 13.0 Å². The second kappa shape index (κ2) is 5.43. The van der Waals surface area contributed by atoms with Crippen molar-refractivity contribution in [2.45, 2.75) is 11.8 Å². The number of aryl methyl sites for hydroxylation is 1. The van der Waals surface area contributed by atoms with Gasteiger partial charge < -0.3 is 10.1 Å². The summed E-state index contributed by atoms with van der Waals surface area (Å²) in [6.45, 7) is 1.79. The molecule has 8 heteroatoms. The van der Waals surface area contributed by atoms with E-state index in [0.29, 0.717) is 15.1 Å². The van der Waals surface area contributed by atoms with Crippen LogP contribution in [0.4, 0.5) is 16.2 Å². The van der Waals surface area contributed by atoms with Crippen LogP contribution in [0.5, 0.6) is 5.75 Å². The largest absolute Gasteiger partial charge is 0.497 e. The van der Waals surface area contributed by atoms with Gasteiger partial charge in [0.15, 0.2) is 0 Å². The molecule has 0 aliphatic carbocycles. The van der Waals surface area contributed by atoms with Crippen molar-refractivity contribution in [1.29, 1.82) is 0 Å². The maximum atomic E-state index is 12.8. The third-order valence-corrected chi connectivity index (χ3v) is 5.70. The van der Waals surface area contributed by atoms with E-state index in [9.17, 15) is 13.2 Å². The van der Waals surface area contributed by atoms with Crippen LogP contribution in [0, 0.1) is 6.92 Å². The molecule has 1 N–H and O–H groups in total. The SMILES string of the molecule is COc1ccc2c(c1)NC(=O)N(c1ccc(C)c(Cl)c1)S2(=O)=O. The van der Waals surface area contributed by atoms with Gasteiger partial charge in [-0.1, -0.05) is 17.7 Å². The molecule has 120 valence electrons. The molecule has 0 fully saturated rings. The van der Waals surface area contributed by atoms with Crippen LogP contribution in [0.2, 0.25) is 5.02 Å². The summed E-state index contributed by atoms with van der Waals surface area (Å²) in [6, 6.07) is 8.24. The molecule has 0 saturated heterocycles. The fraction of sp³-hybridized carbons (Fsp3) is 0.133. The average Bonchev–Trinajstić information content (AvgIpc) is 2.49. The quantitative estimate of drug-likeness (QED) is 0.898. The lowest BCUT2D eigenvalue weighted by atomic mass is 10.2. The van der Waals surface area contributed by atoms with Crippen molar-refractivity contribution in [3.05, 3.63) is 47.0 Å². The molecule has 2 amide bonds. The molecule has 0 saturated carbocycles. The number of carbonyl (C=O) groups excluding carboxylic acids is 1. The van der Waals surface area contributed by atoms with Gasteiger partial charge in [-0.3, -0.25) is 0 Å². The fourth-order valence-corrected chi connectivity index (χ4v) is 3.95. The number of methoxy groups -OCH3 is 1. The lowest BCUT2D eigenvalue weighted by Gasteiger charge is -2.29. The number of fused-ring (bicyclic) bond motifs is 1. The van der Waals surface area contributed by atoms with Gasteiger partial charge in [0.25, 0.3) is 10.0 Å². The highest BCUT2D eigenvalue weighted by Gasteiger charge is 2.38. The Hall–Kier alpha value is -2.25. The van der Waals surface area contributed by atoms with E-state index in [1.165, 1.54) is 37.4 Å². The molecule has 0 aromatic heterocycles. The molecule has 0 unspecified atom stereocenters. The Morgan fingerprint density at radius 2 is 1.91 bits per heavy atom. The number of urea groups is 1. The van der Waals surface area contributed by atoms with Crippen LogP contribution in [0.1, 0.15) is 5.56 Å². The van der Waals surface area contributed by atoms with Crippen molar-refractivity contribution < 1.29 is 17.9 Å². The summed E-state index contributed by atoms with van der Waals surface area (Å²) < 4.78 is 31.3. The van der Waals surface area contributed by atoms with Gasteiger partial charge in [-0.15, -0.1) is 0 Å². The number of nitrogens with one attached hydrogen (secondary N) is 1. The van der Waals surface area contributed by atoms with Gasteiger partial charge in [-0.05, 0) is 36.8 Å². The van der Waals surface area contributed by atoms with Crippen LogP contribution in [0.3, 0.4) is 0 Å². The summed E-state index contributed by atoms with van der Waals surface area (Å²) in [5.74, 6) is 0.450. The standard InChI is InChI=1S/C15H13ClN2O4S/c1-9-3-4-10(7-12(9)16)18-15(19)17-13-8-11(22-2)5-6-14(13)23(18,20)21/h3-8H,1-2H3,(H,17,19). The molecule has 23 heavy (non-hydrogen) atoms. The smallest absolute Gasteiger partial charge is 0.340 e. The number of rotatable bonds is 2. The number of benzene rings is 2. The van der Waals surface area contributed by atoms with E-state index in [2.05, 4.69) is 5.32 Å². The number of amides is 2. The zero-order chi connectivity index (χ0) is 16.8. The summed E-state index contributed by atoms with van der Waals surface area (Å²) in [4.78, 5) is 12.3. The molecule has 3 rings (SSSR count). The summed E-state index contributed by atoms with van der Waals surface area (Å²) in [6.07, 6.45) is 0. The van der Waals surface area contributed by atoms with Crippen molar-refractivity contribution in [2.75, 3.05) is 16.7 Å². The predicted octanol–water partition coefficient (Wildman–Crippen LogP) is 3.40. The van der Waals surface area contributed by atoms with E-state index in [-0.39, 0.29) is 16.3 Å². The van der Waals surface area contributed by atoms with Crippen molar-refractivity contribution in [3.63, 3.8) is 0 Å². The van der Waals surface area contributed by atoms with E-state index in [0.717, 1.165) is 5.56 Å². The molecule has 0 radical (unpaired) electrons. The number of sulfonamides is 1. The van der Waals surface area contributed by atoms with E-state index >= 15 is 0 Å². The van der Waals surface area contributed by atoms with E-state index < -0.39 is 16.1 Å². The number of ether oxygens (including phenoxy) is 1. The number of hydrogen-bond acceptors (Lipinski definition) is 4. The Balaban J connectivity index is 2.16. The highest BCUT2D eigenvalue weighted by molar-refractivity contribution is 7.94. The van der Waals surface area contributed by atoms with E-state index in [1.807, 2.05) is 0 Å². The molecule has 1 aliphatic heterocycles. The minimum Gasteiger partial charge on any atom is -0.497 e. The van der Waals surface area contributed by atoms with Crippen molar-refractivity contribution in [2.24, 2.45) is 0 Å². The molecular weight excluding hydrogens is 340 g/mol. The van der Waals surface area contributed by atoms with Crippen LogP contribution in [0.25, 0.3) is 0 Å². The van der Waals surface area contributed by atoms with Gasteiger partial charge in [-0.25, -0.2) is 13.2 Å². The molecule has 0 spiro atoms. The summed E-state index contributed by atoms with van der Waals surface area (Å²) in [5, 5.41) is 2.94. The minimum absolute atomic E-state index is 0.00500. The van der Waals surface area contributed by atoms with Gasteiger partial charge in [0.1, 0.15) is 10.6 Å². The Kier molecular flexibility index (Phi) is 3.69. The lowest BCUT2D eigenvalue weighted by molar-refractivity contribution is 0.259. The number of halogens is 1. The minimum atomic E-state index is -4.03. The zero-order valence-corrected chi connectivity index (χ0v) is 13.9.